The van der Waals surface area contributed by atoms with E-state index in [0.29, 0.717) is 0 Å². The fourth-order valence-corrected chi connectivity index (χ4v) is 12.2. The summed E-state index contributed by atoms with van der Waals surface area (Å²) in [6.45, 7) is 0. The Morgan fingerprint density at radius 2 is 0.324 bits per heavy atom. The summed E-state index contributed by atoms with van der Waals surface area (Å²) in [6.07, 6.45) is 0. The molecule has 0 radical (unpaired) electrons. The van der Waals surface area contributed by atoms with Crippen LogP contribution in [-0.2, 0) is 0 Å². The van der Waals surface area contributed by atoms with Crippen molar-refractivity contribution in [2.24, 2.45) is 0 Å². The molecule has 0 spiro atoms. The molecule has 15 rings (SSSR count). The molecule has 0 N–H and O–H groups in total. The Balaban J connectivity index is 0.783. The van der Waals surface area contributed by atoms with Gasteiger partial charge in [-0.25, -0.2) is 0 Å². The van der Waals surface area contributed by atoms with Gasteiger partial charge in [-0.1, -0.05) is 237 Å². The highest BCUT2D eigenvalue weighted by Gasteiger charge is 2.20. The summed E-state index contributed by atoms with van der Waals surface area (Å²) < 4.78 is 0. The summed E-state index contributed by atoms with van der Waals surface area (Å²) in [6, 6.07) is 104. The van der Waals surface area contributed by atoms with E-state index < -0.39 is 0 Å². The summed E-state index contributed by atoms with van der Waals surface area (Å²) in [5.41, 5.74) is 14.9. The van der Waals surface area contributed by atoms with E-state index in [4.69, 9.17) is 0 Å². The molecular formula is C74H46. The lowest BCUT2D eigenvalue weighted by atomic mass is 9.85. The highest BCUT2D eigenvalue weighted by atomic mass is 14.2. The van der Waals surface area contributed by atoms with Crippen molar-refractivity contribution in [1.82, 2.24) is 0 Å². The van der Waals surface area contributed by atoms with E-state index >= 15 is 0 Å². The first-order valence-electron chi connectivity index (χ1n) is 25.7. The number of hydrogen-bond acceptors (Lipinski definition) is 0. The van der Waals surface area contributed by atoms with Crippen LogP contribution in [0.1, 0.15) is 0 Å². The van der Waals surface area contributed by atoms with Crippen LogP contribution in [0.2, 0.25) is 0 Å². The molecule has 0 saturated heterocycles. The zero-order chi connectivity index (χ0) is 48.7. The van der Waals surface area contributed by atoms with Crippen molar-refractivity contribution in [3.05, 3.63) is 279 Å². The van der Waals surface area contributed by atoms with Crippen LogP contribution < -0.4 is 0 Å². The van der Waals surface area contributed by atoms with Crippen molar-refractivity contribution in [2.45, 2.75) is 0 Å². The van der Waals surface area contributed by atoms with Gasteiger partial charge in [-0.05, 0) is 195 Å². The summed E-state index contributed by atoms with van der Waals surface area (Å²) >= 11 is 0. The fourth-order valence-electron chi connectivity index (χ4n) is 12.2. The lowest BCUT2D eigenvalue weighted by Gasteiger charge is -2.18. The predicted molar refractivity (Wildman–Crippen MR) is 319 cm³/mol. The molecule has 74 heavy (non-hydrogen) atoms. The van der Waals surface area contributed by atoms with Crippen molar-refractivity contribution in [3.8, 4) is 66.8 Å². The van der Waals surface area contributed by atoms with Crippen molar-refractivity contribution in [1.29, 1.82) is 0 Å². The third kappa shape index (κ3) is 6.91. The van der Waals surface area contributed by atoms with Gasteiger partial charge in [-0.15, -0.1) is 0 Å². The molecule has 0 aromatic heterocycles. The second-order valence-corrected chi connectivity index (χ2v) is 19.9. The number of rotatable bonds is 6. The predicted octanol–water partition coefficient (Wildman–Crippen LogP) is 20.9. The van der Waals surface area contributed by atoms with Crippen molar-refractivity contribution in [2.75, 3.05) is 0 Å². The molecule has 15 aromatic rings. The summed E-state index contributed by atoms with van der Waals surface area (Å²) in [7, 11) is 0. The molecule has 0 unspecified atom stereocenters. The molecule has 15 aromatic carbocycles. The molecular weight excluding hydrogens is 889 g/mol. The molecule has 0 atom stereocenters. The Morgan fingerprint density at radius 1 is 0.122 bits per heavy atom. The Bertz CT molecular complexity index is 4650. The molecule has 0 heteroatoms. The Morgan fingerprint density at radius 3 is 0.635 bits per heavy atom. The maximum absolute atomic E-state index is 2.39. The molecule has 0 aliphatic rings. The van der Waals surface area contributed by atoms with E-state index in [1.54, 1.807) is 0 Å². The van der Waals surface area contributed by atoms with Gasteiger partial charge in [0.15, 0.2) is 0 Å². The maximum atomic E-state index is 2.39. The van der Waals surface area contributed by atoms with Gasteiger partial charge in [-0.2, -0.15) is 0 Å². The normalized spacial score (nSPS) is 11.8. The molecule has 0 amide bonds. The topological polar surface area (TPSA) is 0 Å². The van der Waals surface area contributed by atoms with Crippen LogP contribution in [0.25, 0.3) is 153 Å². The van der Waals surface area contributed by atoms with Gasteiger partial charge in [0.25, 0.3) is 0 Å². The number of benzene rings is 15. The van der Waals surface area contributed by atoms with E-state index in [1.165, 1.54) is 153 Å². The molecule has 0 aliphatic carbocycles. The molecule has 0 fully saturated rings. The molecule has 0 nitrogen and oxygen atoms in total. The standard InChI is InChI=1S/C74H46/c1-2-14-47(15-3-1)50-27-28-56-44-60(37-33-53(56)40-50)72-67-22-10-12-24-69(67)74(70-25-13-11-23-68(70)72)62-39-35-55-42-52(30-32-58(55)46-62)51-29-31-57-45-61(38-34-54(57)41-51)73-65-20-8-6-18-63(65)71(64-19-7-9-21-66(64)73)59-36-26-48-16-4-5-17-49(48)43-59/h1-46H. The van der Waals surface area contributed by atoms with Gasteiger partial charge < -0.3 is 0 Å². The third-order valence-corrected chi connectivity index (χ3v) is 15.7. The summed E-state index contributed by atoms with van der Waals surface area (Å²) in [4.78, 5) is 0. The van der Waals surface area contributed by atoms with Gasteiger partial charge in [0.1, 0.15) is 0 Å². The highest BCUT2D eigenvalue weighted by molar-refractivity contribution is 6.24. The van der Waals surface area contributed by atoms with E-state index in [9.17, 15) is 0 Å². The molecule has 0 aliphatic heterocycles. The Kier molecular flexibility index (Phi) is 9.68. The minimum absolute atomic E-state index is 1.21. The quantitative estimate of drug-likeness (QED) is 0.146. The molecule has 0 bridgehead atoms. The van der Waals surface area contributed by atoms with Crippen molar-refractivity contribution >= 4 is 86.2 Å². The smallest absolute Gasteiger partial charge is 0.00262 e. The van der Waals surface area contributed by atoms with Gasteiger partial charge in [-0.3, -0.25) is 0 Å². The minimum atomic E-state index is 1.21. The first-order chi connectivity index (χ1) is 36.7. The van der Waals surface area contributed by atoms with Crippen LogP contribution in [0, 0.1) is 0 Å². The molecule has 0 saturated carbocycles. The van der Waals surface area contributed by atoms with Crippen LogP contribution in [0.3, 0.4) is 0 Å². The maximum Gasteiger partial charge on any atom is -0.00262 e. The van der Waals surface area contributed by atoms with Gasteiger partial charge in [0.05, 0.1) is 0 Å². The zero-order valence-corrected chi connectivity index (χ0v) is 40.6. The lowest BCUT2D eigenvalue weighted by molar-refractivity contribution is 1.64. The van der Waals surface area contributed by atoms with Gasteiger partial charge >= 0.3 is 0 Å². The van der Waals surface area contributed by atoms with Crippen LogP contribution in [0.4, 0.5) is 0 Å². The lowest BCUT2D eigenvalue weighted by Crippen LogP contribution is -1.91. The number of fused-ring (bicyclic) bond motifs is 8. The van der Waals surface area contributed by atoms with E-state index in [-0.39, 0.29) is 0 Å². The van der Waals surface area contributed by atoms with Gasteiger partial charge in [0.2, 0.25) is 0 Å². The van der Waals surface area contributed by atoms with Crippen molar-refractivity contribution in [3.63, 3.8) is 0 Å². The second-order valence-electron chi connectivity index (χ2n) is 19.9. The summed E-state index contributed by atoms with van der Waals surface area (Å²) in [5.74, 6) is 0. The van der Waals surface area contributed by atoms with Crippen LogP contribution in [-0.4, -0.2) is 0 Å². The van der Waals surface area contributed by atoms with E-state index in [2.05, 4.69) is 279 Å². The minimum Gasteiger partial charge on any atom is -0.0622 e. The Labute approximate surface area is 429 Å². The molecule has 0 heterocycles. The van der Waals surface area contributed by atoms with E-state index in [0.717, 1.165) is 0 Å². The molecule has 342 valence electrons. The monoisotopic (exact) mass is 934 g/mol. The van der Waals surface area contributed by atoms with Crippen molar-refractivity contribution < 1.29 is 0 Å². The number of hydrogen-bond donors (Lipinski definition) is 0. The SMILES string of the molecule is c1ccc(-c2ccc3cc(-c4c5ccccc5c(-c5ccc6cc(-c7ccc8cc(-c9c%10ccccc%10c(-c%10ccc%11ccccc%11c%10)c%10ccccc9%10)ccc8c7)ccc6c5)c5ccccc45)ccc3c2)cc1. The Hall–Kier alpha value is -9.62. The summed E-state index contributed by atoms with van der Waals surface area (Å²) in [5, 5.41) is 20.0. The fraction of sp³-hybridized carbons (Fsp3) is 0. The second kappa shape index (κ2) is 17.0. The zero-order valence-electron chi connectivity index (χ0n) is 40.6. The van der Waals surface area contributed by atoms with E-state index in [1.807, 2.05) is 0 Å². The van der Waals surface area contributed by atoms with Gasteiger partial charge in [0, 0.05) is 0 Å². The van der Waals surface area contributed by atoms with Crippen LogP contribution in [0.15, 0.2) is 279 Å². The average molecular weight is 935 g/mol. The largest absolute Gasteiger partial charge is 0.0622 e. The van der Waals surface area contributed by atoms with Crippen LogP contribution >= 0.6 is 0 Å². The third-order valence-electron chi connectivity index (χ3n) is 15.7. The highest BCUT2D eigenvalue weighted by Crippen LogP contribution is 2.47. The average Bonchev–Trinajstić information content (AvgIpc) is 3.47. The first-order valence-corrected chi connectivity index (χ1v) is 25.7. The van der Waals surface area contributed by atoms with Crippen LogP contribution in [0.5, 0.6) is 0 Å². The first kappa shape index (κ1) is 42.1.